The van der Waals surface area contributed by atoms with Gasteiger partial charge in [0.1, 0.15) is 12.7 Å². The molecule has 2 N–H and O–H groups in total. The van der Waals surface area contributed by atoms with Gasteiger partial charge < -0.3 is 24.6 Å². The summed E-state index contributed by atoms with van der Waals surface area (Å²) < 4.78 is 16.7. The predicted octanol–water partition coefficient (Wildman–Crippen LogP) is 2.05. The summed E-state index contributed by atoms with van der Waals surface area (Å²) >= 11 is 0. The van der Waals surface area contributed by atoms with Crippen molar-refractivity contribution in [3.8, 4) is 11.5 Å². The van der Waals surface area contributed by atoms with E-state index in [1.807, 2.05) is 12.1 Å². The van der Waals surface area contributed by atoms with Crippen LogP contribution in [0.5, 0.6) is 11.5 Å². The minimum absolute atomic E-state index is 0.261. The summed E-state index contributed by atoms with van der Waals surface area (Å²) in [5.74, 6) is 3.20. The Labute approximate surface area is 168 Å². The molecule has 1 aromatic rings. The predicted molar refractivity (Wildman–Crippen MR) is 108 cm³/mol. The Kier molecular flexibility index (Phi) is 6.73. The summed E-state index contributed by atoms with van der Waals surface area (Å²) in [6, 6.07) is 6.79. The number of methoxy groups -OCH3 is 1. The number of aliphatic hydroxyl groups excluding tert-OH is 1. The van der Waals surface area contributed by atoms with Crippen molar-refractivity contribution in [3.63, 3.8) is 0 Å². The van der Waals surface area contributed by atoms with Crippen molar-refractivity contribution in [2.75, 3.05) is 46.6 Å². The van der Waals surface area contributed by atoms with Gasteiger partial charge in [0.15, 0.2) is 11.5 Å². The second-order valence-corrected chi connectivity index (χ2v) is 8.44. The molecule has 6 nitrogen and oxygen atoms in total. The van der Waals surface area contributed by atoms with Gasteiger partial charge in [-0.3, -0.25) is 4.90 Å². The first-order valence-corrected chi connectivity index (χ1v) is 10.7. The molecule has 156 valence electrons. The Morgan fingerprint density at radius 2 is 1.86 bits per heavy atom. The highest BCUT2D eigenvalue weighted by Crippen LogP contribution is 2.44. The van der Waals surface area contributed by atoms with Crippen LogP contribution in [0.3, 0.4) is 0 Å². The number of nitrogens with zero attached hydrogens (tertiary/aromatic N) is 1. The fourth-order valence-corrected chi connectivity index (χ4v) is 4.13. The molecule has 2 aliphatic carbocycles. The van der Waals surface area contributed by atoms with Crippen LogP contribution in [0.4, 0.5) is 0 Å². The quantitative estimate of drug-likeness (QED) is 0.603. The maximum atomic E-state index is 10.3. The molecule has 1 aliphatic heterocycles. The molecule has 3 fully saturated rings. The molecule has 6 heteroatoms. The van der Waals surface area contributed by atoms with Crippen molar-refractivity contribution in [2.45, 2.75) is 44.4 Å². The van der Waals surface area contributed by atoms with E-state index in [1.165, 1.54) is 31.2 Å². The average Bonchev–Trinajstić information content (AvgIpc) is 3.62. The van der Waals surface area contributed by atoms with Gasteiger partial charge in [0.25, 0.3) is 0 Å². The van der Waals surface area contributed by atoms with E-state index in [2.05, 4.69) is 16.3 Å². The standard InChI is InChI=1S/C22H34N2O4/c1-26-21-12-16(13-23-22(17-3-4-17)18-5-6-18)2-7-20(21)28-15-19(25)14-24-8-10-27-11-9-24/h2,7,12,17-19,22-23,25H,3-6,8-11,13-15H2,1H3. The number of ether oxygens (including phenoxy) is 3. The van der Waals surface area contributed by atoms with Crippen molar-refractivity contribution in [2.24, 2.45) is 11.8 Å². The third kappa shape index (κ3) is 5.60. The van der Waals surface area contributed by atoms with Crippen LogP contribution >= 0.6 is 0 Å². The van der Waals surface area contributed by atoms with Crippen molar-refractivity contribution >= 4 is 0 Å². The summed E-state index contributed by atoms with van der Waals surface area (Å²) in [5, 5.41) is 14.1. The number of β-amino-alcohol motifs (C(OH)–C–C–N with tert-alkyl or cyclic N) is 1. The molecule has 1 atom stereocenters. The molecule has 3 aliphatic rings. The van der Waals surface area contributed by atoms with Gasteiger partial charge in [0.05, 0.1) is 20.3 Å². The lowest BCUT2D eigenvalue weighted by molar-refractivity contribution is 0.00445. The summed E-state index contributed by atoms with van der Waals surface area (Å²) in [6.45, 7) is 4.94. The summed E-state index contributed by atoms with van der Waals surface area (Å²) in [6.07, 6.45) is 5.02. The lowest BCUT2D eigenvalue weighted by atomic mass is 10.1. The van der Waals surface area contributed by atoms with Gasteiger partial charge >= 0.3 is 0 Å². The Balaban J connectivity index is 1.26. The molecule has 1 unspecified atom stereocenters. The smallest absolute Gasteiger partial charge is 0.161 e. The molecule has 0 amide bonds. The number of morpholine rings is 1. The molecule has 0 radical (unpaired) electrons. The number of aliphatic hydroxyl groups is 1. The molecule has 2 saturated carbocycles. The van der Waals surface area contributed by atoms with Gasteiger partial charge in [-0.25, -0.2) is 0 Å². The lowest BCUT2D eigenvalue weighted by Crippen LogP contribution is -2.42. The SMILES string of the molecule is COc1cc(CNC(C2CC2)C2CC2)ccc1OCC(O)CN1CCOCC1. The van der Waals surface area contributed by atoms with Crippen molar-refractivity contribution < 1.29 is 19.3 Å². The molecule has 1 saturated heterocycles. The molecule has 0 bridgehead atoms. The van der Waals surface area contributed by atoms with Crippen LogP contribution in [-0.4, -0.2) is 68.7 Å². The molecule has 0 spiro atoms. The molecule has 1 aromatic carbocycles. The zero-order valence-corrected chi connectivity index (χ0v) is 16.9. The van der Waals surface area contributed by atoms with Gasteiger partial charge in [0.2, 0.25) is 0 Å². The van der Waals surface area contributed by atoms with Crippen molar-refractivity contribution in [3.05, 3.63) is 23.8 Å². The Morgan fingerprint density at radius 1 is 1.14 bits per heavy atom. The van der Waals surface area contributed by atoms with E-state index in [0.717, 1.165) is 50.4 Å². The van der Waals surface area contributed by atoms with Crippen LogP contribution in [0, 0.1) is 11.8 Å². The van der Waals surface area contributed by atoms with Gasteiger partial charge in [-0.2, -0.15) is 0 Å². The van der Waals surface area contributed by atoms with E-state index in [-0.39, 0.29) is 6.61 Å². The van der Waals surface area contributed by atoms with E-state index < -0.39 is 6.10 Å². The third-order valence-corrected chi connectivity index (χ3v) is 6.03. The second-order valence-electron chi connectivity index (χ2n) is 8.44. The monoisotopic (exact) mass is 390 g/mol. The fourth-order valence-electron chi connectivity index (χ4n) is 4.13. The van der Waals surface area contributed by atoms with Crippen LogP contribution in [0.15, 0.2) is 18.2 Å². The second kappa shape index (κ2) is 9.44. The van der Waals surface area contributed by atoms with E-state index in [9.17, 15) is 5.11 Å². The summed E-state index contributed by atoms with van der Waals surface area (Å²) in [5.41, 5.74) is 1.21. The van der Waals surface area contributed by atoms with E-state index in [0.29, 0.717) is 18.3 Å². The maximum Gasteiger partial charge on any atom is 0.161 e. The number of rotatable bonds is 11. The highest BCUT2D eigenvalue weighted by Gasteiger charge is 2.40. The number of benzene rings is 1. The Morgan fingerprint density at radius 3 is 2.50 bits per heavy atom. The number of hydrogen-bond acceptors (Lipinski definition) is 6. The van der Waals surface area contributed by atoms with E-state index in [1.54, 1.807) is 7.11 Å². The van der Waals surface area contributed by atoms with Crippen LogP contribution in [0.2, 0.25) is 0 Å². The first-order valence-electron chi connectivity index (χ1n) is 10.7. The van der Waals surface area contributed by atoms with E-state index in [4.69, 9.17) is 14.2 Å². The van der Waals surface area contributed by atoms with Crippen LogP contribution < -0.4 is 14.8 Å². The molecule has 4 rings (SSSR count). The van der Waals surface area contributed by atoms with Crippen LogP contribution in [-0.2, 0) is 11.3 Å². The van der Waals surface area contributed by atoms with Gasteiger partial charge in [0, 0.05) is 32.2 Å². The van der Waals surface area contributed by atoms with Gasteiger partial charge in [-0.05, 0) is 55.2 Å². The zero-order chi connectivity index (χ0) is 19.3. The number of hydrogen-bond donors (Lipinski definition) is 2. The molecule has 28 heavy (non-hydrogen) atoms. The third-order valence-electron chi connectivity index (χ3n) is 6.03. The summed E-state index contributed by atoms with van der Waals surface area (Å²) in [4.78, 5) is 2.21. The highest BCUT2D eigenvalue weighted by atomic mass is 16.5. The van der Waals surface area contributed by atoms with Crippen molar-refractivity contribution in [1.29, 1.82) is 0 Å². The van der Waals surface area contributed by atoms with Crippen molar-refractivity contribution in [1.82, 2.24) is 10.2 Å². The van der Waals surface area contributed by atoms with Crippen LogP contribution in [0.1, 0.15) is 31.2 Å². The summed E-state index contributed by atoms with van der Waals surface area (Å²) in [7, 11) is 1.67. The molecular weight excluding hydrogens is 356 g/mol. The minimum atomic E-state index is -0.526. The maximum absolute atomic E-state index is 10.3. The van der Waals surface area contributed by atoms with Gasteiger partial charge in [-0.1, -0.05) is 6.07 Å². The molecule has 1 heterocycles. The number of nitrogens with one attached hydrogen (secondary N) is 1. The zero-order valence-electron chi connectivity index (χ0n) is 16.9. The average molecular weight is 391 g/mol. The largest absolute Gasteiger partial charge is 0.493 e. The Hall–Kier alpha value is -1.34. The topological polar surface area (TPSA) is 63.2 Å². The minimum Gasteiger partial charge on any atom is -0.493 e. The molecule has 0 aromatic heterocycles. The first kappa shape index (κ1) is 20.0. The van der Waals surface area contributed by atoms with Gasteiger partial charge in [-0.15, -0.1) is 0 Å². The Bertz CT molecular complexity index is 615. The fraction of sp³-hybridized carbons (Fsp3) is 0.727. The first-order chi connectivity index (χ1) is 13.7. The molecular formula is C22H34N2O4. The van der Waals surface area contributed by atoms with E-state index >= 15 is 0 Å². The highest BCUT2D eigenvalue weighted by molar-refractivity contribution is 5.43. The normalized spacial score (nSPS) is 21.7. The lowest BCUT2D eigenvalue weighted by Gasteiger charge is -2.28. The van der Waals surface area contributed by atoms with Crippen LogP contribution in [0.25, 0.3) is 0 Å².